The summed E-state index contributed by atoms with van der Waals surface area (Å²) in [6.07, 6.45) is 20.3. The molecule has 8 nitrogen and oxygen atoms in total. The van der Waals surface area contributed by atoms with E-state index in [1.165, 1.54) is 55.2 Å². The molecule has 3 N–H and O–H groups in total. The number of pyridine rings is 1. The lowest BCUT2D eigenvalue weighted by molar-refractivity contribution is -0.221. The van der Waals surface area contributed by atoms with E-state index in [1.54, 1.807) is 12.3 Å². The standard InChI is InChI=1S/C49H72N2O6S/c1-33(2)35-15-22-49(51-29-25-48(54)26-30-58(55,56)31-27-48)24-23-45(6)37(41(35)49)11-12-39-44(5)18-16-36(43(3,4)38(44)17-19-46(39,45)7)34-13-20-47(21-14-34,42(52)53)32-57-40-10-8-9-28-50-40/h8-10,13,16,28,35,37-39,41,51,54H,1,11-12,14-15,17-27,29-32H2,2-7H3,(H,52,53)/t35-,37+,38-,39+,41+,44-,45+,46+,47?,49-/m0/s1. The number of allylic oxidation sites excluding steroid dienone is 5. The molecule has 1 aliphatic heterocycles. The molecule has 4 saturated carbocycles. The minimum absolute atomic E-state index is 0.0136. The molecule has 7 aliphatic rings. The number of aliphatic carboxylic acids is 1. The van der Waals surface area contributed by atoms with Crippen LogP contribution in [0.5, 0.6) is 5.88 Å². The van der Waals surface area contributed by atoms with E-state index in [0.717, 1.165) is 32.2 Å². The summed E-state index contributed by atoms with van der Waals surface area (Å²) >= 11 is 0. The van der Waals surface area contributed by atoms with Gasteiger partial charge < -0.3 is 20.3 Å². The molecule has 5 fully saturated rings. The van der Waals surface area contributed by atoms with E-state index < -0.39 is 26.8 Å². The molecule has 1 saturated heterocycles. The van der Waals surface area contributed by atoms with Crippen molar-refractivity contribution in [1.29, 1.82) is 0 Å². The Bertz CT molecular complexity index is 1940. The summed E-state index contributed by atoms with van der Waals surface area (Å²) in [5.74, 6) is 2.67. The minimum atomic E-state index is -3.03. The molecule has 1 aromatic rings. The third kappa shape index (κ3) is 6.69. The van der Waals surface area contributed by atoms with Crippen molar-refractivity contribution in [1.82, 2.24) is 10.3 Å². The zero-order valence-corrected chi connectivity index (χ0v) is 37.2. The van der Waals surface area contributed by atoms with E-state index in [1.807, 2.05) is 12.1 Å². The lowest BCUT2D eigenvalue weighted by Crippen LogP contribution is -2.68. The summed E-state index contributed by atoms with van der Waals surface area (Å²) in [7, 11) is -3.03. The highest BCUT2D eigenvalue weighted by molar-refractivity contribution is 7.91. The van der Waals surface area contributed by atoms with E-state index in [0.29, 0.717) is 67.6 Å². The van der Waals surface area contributed by atoms with Crippen molar-refractivity contribution < 1.29 is 28.2 Å². The highest BCUT2D eigenvalue weighted by Crippen LogP contribution is 2.76. The number of hydrogen-bond donors (Lipinski definition) is 3. The van der Waals surface area contributed by atoms with Crippen LogP contribution < -0.4 is 10.1 Å². The maximum Gasteiger partial charge on any atom is 0.313 e. The molecule has 8 rings (SSSR count). The SMILES string of the molecule is C=C(C)[C@@H]1CC[C@]2(NCCC3(O)CCS(=O)(=O)CC3)CC[C@]3(C)[C@H](CC[C@@H]4[C@@]5(C)CC=C(C6=CCC(COc7ccccn7)(C(=O)O)CC6)C(C)(C)[C@@H]5CC[C@]43C)[C@@H]12. The maximum atomic E-state index is 12.7. The van der Waals surface area contributed by atoms with Gasteiger partial charge in [0.2, 0.25) is 5.88 Å². The summed E-state index contributed by atoms with van der Waals surface area (Å²) in [6.45, 7) is 20.7. The van der Waals surface area contributed by atoms with E-state index in [-0.39, 0.29) is 45.3 Å². The van der Waals surface area contributed by atoms with Crippen LogP contribution in [0.25, 0.3) is 0 Å². The number of fused-ring (bicyclic) bond motifs is 7. The van der Waals surface area contributed by atoms with Gasteiger partial charge in [-0.3, -0.25) is 4.79 Å². The number of carboxylic acids is 1. The predicted molar refractivity (Wildman–Crippen MR) is 230 cm³/mol. The van der Waals surface area contributed by atoms with Crippen molar-refractivity contribution in [2.24, 2.45) is 56.7 Å². The summed E-state index contributed by atoms with van der Waals surface area (Å²) < 4.78 is 30.2. The van der Waals surface area contributed by atoms with Gasteiger partial charge in [-0.25, -0.2) is 13.4 Å². The molecule has 10 atom stereocenters. The van der Waals surface area contributed by atoms with Crippen LogP contribution in [-0.2, 0) is 14.6 Å². The van der Waals surface area contributed by atoms with Gasteiger partial charge in [-0.15, -0.1) is 0 Å². The fourth-order valence-electron chi connectivity index (χ4n) is 15.5. The quantitative estimate of drug-likeness (QED) is 0.200. The molecule has 9 heteroatoms. The maximum absolute atomic E-state index is 12.7. The number of carbonyl (C=O) groups is 1. The van der Waals surface area contributed by atoms with Gasteiger partial charge in [0.1, 0.15) is 12.0 Å². The Hall–Kier alpha value is -2.49. The van der Waals surface area contributed by atoms with Crippen LogP contribution in [0, 0.1) is 56.7 Å². The van der Waals surface area contributed by atoms with Gasteiger partial charge in [-0.1, -0.05) is 65.0 Å². The molecule has 0 radical (unpaired) electrons. The third-order valence-electron chi connectivity index (χ3n) is 19.0. The van der Waals surface area contributed by atoms with Crippen molar-refractivity contribution in [2.45, 2.75) is 149 Å². The molecule has 0 aromatic carbocycles. The average molecular weight is 817 g/mol. The van der Waals surface area contributed by atoms with Crippen molar-refractivity contribution >= 4 is 15.8 Å². The van der Waals surface area contributed by atoms with Crippen LogP contribution in [0.2, 0.25) is 0 Å². The summed E-state index contributed by atoms with van der Waals surface area (Å²) in [5, 5.41) is 26.0. The van der Waals surface area contributed by atoms with Gasteiger partial charge >= 0.3 is 5.97 Å². The smallest absolute Gasteiger partial charge is 0.313 e. The van der Waals surface area contributed by atoms with Gasteiger partial charge in [0.15, 0.2) is 9.84 Å². The van der Waals surface area contributed by atoms with Gasteiger partial charge in [0, 0.05) is 17.8 Å². The summed E-state index contributed by atoms with van der Waals surface area (Å²) in [5.41, 5.74) is 2.91. The van der Waals surface area contributed by atoms with Crippen molar-refractivity contribution in [3.63, 3.8) is 0 Å². The first-order valence-electron chi connectivity index (χ1n) is 22.7. The number of sulfone groups is 1. The Kier molecular flexibility index (Phi) is 10.6. The fourth-order valence-corrected chi connectivity index (χ4v) is 17.1. The first-order valence-corrected chi connectivity index (χ1v) is 24.6. The Morgan fingerprint density at radius 3 is 2.33 bits per heavy atom. The van der Waals surface area contributed by atoms with Crippen molar-refractivity contribution in [2.75, 3.05) is 24.7 Å². The number of nitrogens with one attached hydrogen (secondary N) is 1. The Morgan fingerprint density at radius 2 is 1.67 bits per heavy atom. The minimum Gasteiger partial charge on any atom is -0.481 e. The van der Waals surface area contributed by atoms with Gasteiger partial charge in [0.05, 0.1) is 17.1 Å². The molecule has 6 aliphatic carbocycles. The highest BCUT2D eigenvalue weighted by Gasteiger charge is 2.70. The summed E-state index contributed by atoms with van der Waals surface area (Å²) in [4.78, 5) is 17.0. The first-order chi connectivity index (χ1) is 27.2. The number of nitrogens with zero attached hydrogens (tertiary/aromatic N) is 1. The Labute approximate surface area is 349 Å². The molecule has 2 heterocycles. The Morgan fingerprint density at radius 1 is 0.914 bits per heavy atom. The molecular weight excluding hydrogens is 745 g/mol. The number of carboxylic acid groups (broad SMARTS) is 1. The molecule has 1 unspecified atom stereocenters. The van der Waals surface area contributed by atoms with Crippen LogP contribution in [0.3, 0.4) is 0 Å². The normalized spacial score (nSPS) is 42.4. The van der Waals surface area contributed by atoms with E-state index in [2.05, 4.69) is 70.6 Å². The fraction of sp³-hybridized carbons (Fsp3) is 0.755. The zero-order valence-electron chi connectivity index (χ0n) is 36.4. The lowest BCUT2D eigenvalue weighted by atomic mass is 9.33. The van der Waals surface area contributed by atoms with E-state index in [4.69, 9.17) is 4.74 Å². The number of aromatic nitrogens is 1. The second kappa shape index (κ2) is 14.6. The topological polar surface area (TPSA) is 126 Å². The average Bonchev–Trinajstić information content (AvgIpc) is 3.56. The molecule has 0 spiro atoms. The van der Waals surface area contributed by atoms with Crippen molar-refractivity contribution in [3.8, 4) is 5.88 Å². The second-order valence-corrected chi connectivity index (χ2v) is 24.2. The predicted octanol–water partition coefficient (Wildman–Crippen LogP) is 9.51. The number of hydrogen-bond acceptors (Lipinski definition) is 7. The lowest BCUT2D eigenvalue weighted by Gasteiger charge is -2.72. The van der Waals surface area contributed by atoms with Gasteiger partial charge in [-0.2, -0.15) is 0 Å². The van der Waals surface area contributed by atoms with Crippen LogP contribution in [0.1, 0.15) is 138 Å². The summed E-state index contributed by atoms with van der Waals surface area (Å²) in [6, 6.07) is 5.48. The molecular formula is C49H72N2O6S. The Balaban J connectivity index is 1.01. The van der Waals surface area contributed by atoms with Crippen LogP contribution >= 0.6 is 0 Å². The van der Waals surface area contributed by atoms with Crippen LogP contribution in [-0.4, -0.2) is 65.4 Å². The van der Waals surface area contributed by atoms with Gasteiger partial charge in [-0.05, 0) is 178 Å². The largest absolute Gasteiger partial charge is 0.481 e. The monoisotopic (exact) mass is 817 g/mol. The van der Waals surface area contributed by atoms with E-state index >= 15 is 0 Å². The highest BCUT2D eigenvalue weighted by atomic mass is 32.2. The zero-order chi connectivity index (χ0) is 41.6. The molecule has 58 heavy (non-hydrogen) atoms. The molecule has 0 amide bonds. The first kappa shape index (κ1) is 42.2. The molecule has 320 valence electrons. The van der Waals surface area contributed by atoms with Crippen LogP contribution in [0.15, 0.2) is 59.8 Å². The molecule has 0 bridgehead atoms. The van der Waals surface area contributed by atoms with E-state index in [9.17, 15) is 23.4 Å². The van der Waals surface area contributed by atoms with Gasteiger partial charge in [0.25, 0.3) is 0 Å². The number of aliphatic hydroxyl groups is 1. The second-order valence-electron chi connectivity index (χ2n) is 21.9. The van der Waals surface area contributed by atoms with Crippen LogP contribution in [0.4, 0.5) is 0 Å². The molecule has 1 aromatic heterocycles. The number of ether oxygens (including phenoxy) is 1. The number of rotatable bonds is 10. The third-order valence-corrected chi connectivity index (χ3v) is 20.7. The van der Waals surface area contributed by atoms with Crippen molar-refractivity contribution in [3.05, 3.63) is 59.8 Å².